The molecule has 1 atom stereocenters. The monoisotopic (exact) mass is 236 g/mol. The van der Waals surface area contributed by atoms with Gasteiger partial charge >= 0.3 is 0 Å². The molecule has 0 aliphatic rings. The van der Waals surface area contributed by atoms with Crippen molar-refractivity contribution in [1.29, 1.82) is 0 Å². The molecule has 3 nitrogen and oxygen atoms in total. The Morgan fingerprint density at radius 2 is 1.88 bits per heavy atom. The summed E-state index contributed by atoms with van der Waals surface area (Å²) in [6, 6.07) is 0.681. The predicted octanol–water partition coefficient (Wildman–Crippen LogP) is 1.89. The number of hydrogen-bond acceptors (Lipinski definition) is 3. The fraction of sp³-hybridized carbons (Fsp3) is 0.400. The second kappa shape index (κ2) is 5.29. The molecule has 0 aliphatic heterocycles. The smallest absolute Gasteiger partial charge is 0.183 e. The van der Waals surface area contributed by atoms with Crippen LogP contribution < -0.4 is 0 Å². The molecule has 0 amide bonds. The molecule has 1 rings (SSSR count). The van der Waals surface area contributed by atoms with E-state index in [9.17, 15) is 13.2 Å². The van der Waals surface area contributed by atoms with Crippen molar-refractivity contribution in [2.24, 2.45) is 0 Å². The first kappa shape index (κ1) is 13.0. The summed E-state index contributed by atoms with van der Waals surface area (Å²) in [5.41, 5.74) is -1.11. The molecule has 0 spiro atoms. The Balaban J connectivity index is 3.27. The van der Waals surface area contributed by atoms with Crippen LogP contribution in [0.4, 0.5) is 13.2 Å². The lowest BCUT2D eigenvalue weighted by atomic mass is 10.1. The molecule has 0 aromatic heterocycles. The number of rotatable bonds is 4. The fourth-order valence-electron chi connectivity index (χ4n) is 1.23. The minimum atomic E-state index is -1.71. The Bertz CT molecular complexity index is 382. The molecule has 6 heteroatoms. The van der Waals surface area contributed by atoms with Gasteiger partial charge in [0.1, 0.15) is 5.82 Å². The maximum absolute atomic E-state index is 13.4. The van der Waals surface area contributed by atoms with Crippen LogP contribution in [0.5, 0.6) is 0 Å². The van der Waals surface area contributed by atoms with Gasteiger partial charge in [-0.1, -0.05) is 0 Å². The van der Waals surface area contributed by atoms with Gasteiger partial charge in [-0.25, -0.2) is 13.2 Å². The maximum Gasteiger partial charge on any atom is 0.183 e. The molecule has 0 saturated carbocycles. The minimum absolute atomic E-state index is 0.391. The van der Waals surface area contributed by atoms with Crippen molar-refractivity contribution in [3.63, 3.8) is 0 Å². The molecule has 1 unspecified atom stereocenters. The third-order valence-corrected chi connectivity index (χ3v) is 2.06. The van der Waals surface area contributed by atoms with E-state index in [1.807, 2.05) is 0 Å². The summed E-state index contributed by atoms with van der Waals surface area (Å²) in [6.07, 6.45) is -1.71. The van der Waals surface area contributed by atoms with Gasteiger partial charge in [-0.2, -0.15) is 0 Å². The van der Waals surface area contributed by atoms with Gasteiger partial charge in [0.15, 0.2) is 17.9 Å². The second-order valence-corrected chi connectivity index (χ2v) is 3.08. The zero-order valence-corrected chi connectivity index (χ0v) is 8.76. The van der Waals surface area contributed by atoms with Gasteiger partial charge in [-0.05, 0) is 6.07 Å². The van der Waals surface area contributed by atoms with Gasteiger partial charge < -0.3 is 14.6 Å². The van der Waals surface area contributed by atoms with Crippen molar-refractivity contribution in [2.45, 2.75) is 12.9 Å². The Hall–Kier alpha value is -1.11. The summed E-state index contributed by atoms with van der Waals surface area (Å²) in [5, 5.41) is 9.15. The van der Waals surface area contributed by atoms with Crippen molar-refractivity contribution in [1.82, 2.24) is 0 Å². The van der Waals surface area contributed by atoms with Crippen LogP contribution >= 0.6 is 0 Å². The SMILES string of the molecule is COCc1c(F)cc(C(O)OC)c(F)c1F. The topological polar surface area (TPSA) is 38.7 Å². The highest BCUT2D eigenvalue weighted by molar-refractivity contribution is 5.28. The van der Waals surface area contributed by atoms with Gasteiger partial charge in [0.25, 0.3) is 0 Å². The van der Waals surface area contributed by atoms with Crippen LogP contribution in [0.3, 0.4) is 0 Å². The standard InChI is InChI=1S/C10H11F3O3/c1-15-4-6-7(11)3-5(10(14)16-2)8(12)9(6)13/h3,10,14H,4H2,1-2H3. The van der Waals surface area contributed by atoms with E-state index < -0.39 is 41.5 Å². The first-order chi connectivity index (χ1) is 7.52. The van der Waals surface area contributed by atoms with Crippen LogP contribution in [0.15, 0.2) is 6.07 Å². The summed E-state index contributed by atoms with van der Waals surface area (Å²) in [6.45, 7) is -0.391. The molecule has 1 N–H and O–H groups in total. The maximum atomic E-state index is 13.4. The molecule has 1 aromatic carbocycles. The highest BCUT2D eigenvalue weighted by Crippen LogP contribution is 2.25. The van der Waals surface area contributed by atoms with Gasteiger partial charge in [0.2, 0.25) is 0 Å². The Kier molecular flexibility index (Phi) is 4.28. The molecule has 0 heterocycles. The third kappa shape index (κ3) is 2.34. The highest BCUT2D eigenvalue weighted by Gasteiger charge is 2.22. The summed E-state index contributed by atoms with van der Waals surface area (Å²) in [5.74, 6) is -3.72. The molecule has 0 radical (unpaired) electrons. The van der Waals surface area contributed by atoms with Gasteiger partial charge in [-0.3, -0.25) is 0 Å². The quantitative estimate of drug-likeness (QED) is 0.640. The number of hydrogen-bond donors (Lipinski definition) is 1. The number of ether oxygens (including phenoxy) is 2. The molecular formula is C10H11F3O3. The van der Waals surface area contributed by atoms with Crippen molar-refractivity contribution in [3.05, 3.63) is 34.6 Å². The molecule has 90 valence electrons. The summed E-state index contributed by atoms with van der Waals surface area (Å²) in [4.78, 5) is 0. The predicted molar refractivity (Wildman–Crippen MR) is 49.0 cm³/mol. The van der Waals surface area contributed by atoms with Crippen molar-refractivity contribution in [2.75, 3.05) is 14.2 Å². The van der Waals surface area contributed by atoms with Crippen LogP contribution in [-0.4, -0.2) is 19.3 Å². The Morgan fingerprint density at radius 3 is 2.38 bits per heavy atom. The van der Waals surface area contributed by atoms with E-state index in [4.69, 9.17) is 5.11 Å². The summed E-state index contributed by atoms with van der Waals surface area (Å²) < 4.78 is 48.9. The lowest BCUT2D eigenvalue weighted by Gasteiger charge is -2.13. The van der Waals surface area contributed by atoms with Gasteiger partial charge in [0.05, 0.1) is 12.2 Å². The number of aliphatic hydroxyl groups is 1. The van der Waals surface area contributed by atoms with Crippen molar-refractivity contribution < 1.29 is 27.8 Å². The Morgan fingerprint density at radius 1 is 1.25 bits per heavy atom. The normalized spacial score (nSPS) is 12.9. The fourth-order valence-corrected chi connectivity index (χ4v) is 1.23. The average molecular weight is 236 g/mol. The minimum Gasteiger partial charge on any atom is -0.380 e. The van der Waals surface area contributed by atoms with E-state index in [1.165, 1.54) is 7.11 Å². The zero-order chi connectivity index (χ0) is 12.3. The van der Waals surface area contributed by atoms with E-state index in [2.05, 4.69) is 9.47 Å². The molecular weight excluding hydrogens is 225 g/mol. The summed E-state index contributed by atoms with van der Waals surface area (Å²) >= 11 is 0. The highest BCUT2D eigenvalue weighted by atomic mass is 19.2. The van der Waals surface area contributed by atoms with Crippen LogP contribution in [0.2, 0.25) is 0 Å². The first-order valence-electron chi connectivity index (χ1n) is 4.39. The van der Waals surface area contributed by atoms with Crippen molar-refractivity contribution in [3.8, 4) is 0 Å². The van der Waals surface area contributed by atoms with Crippen LogP contribution in [0, 0.1) is 17.5 Å². The lowest BCUT2D eigenvalue weighted by Crippen LogP contribution is -2.09. The lowest BCUT2D eigenvalue weighted by molar-refractivity contribution is -0.0796. The molecule has 0 bridgehead atoms. The van der Waals surface area contributed by atoms with E-state index in [-0.39, 0.29) is 0 Å². The van der Waals surface area contributed by atoms with E-state index in [0.717, 1.165) is 7.11 Å². The number of methoxy groups -OCH3 is 2. The third-order valence-electron chi connectivity index (χ3n) is 2.06. The van der Waals surface area contributed by atoms with E-state index in [1.54, 1.807) is 0 Å². The molecule has 0 saturated heterocycles. The number of benzene rings is 1. The number of halogens is 3. The number of aliphatic hydroxyl groups excluding tert-OH is 1. The molecule has 1 aromatic rings. The van der Waals surface area contributed by atoms with E-state index >= 15 is 0 Å². The average Bonchev–Trinajstić information content (AvgIpc) is 2.28. The van der Waals surface area contributed by atoms with Gasteiger partial charge in [0, 0.05) is 19.8 Å². The van der Waals surface area contributed by atoms with Crippen LogP contribution in [-0.2, 0) is 16.1 Å². The second-order valence-electron chi connectivity index (χ2n) is 3.08. The Labute approximate surface area is 90.4 Å². The summed E-state index contributed by atoms with van der Waals surface area (Å²) in [7, 11) is 2.32. The largest absolute Gasteiger partial charge is 0.380 e. The van der Waals surface area contributed by atoms with Crippen molar-refractivity contribution >= 4 is 0 Å². The zero-order valence-electron chi connectivity index (χ0n) is 8.76. The first-order valence-corrected chi connectivity index (χ1v) is 4.39. The van der Waals surface area contributed by atoms with Crippen LogP contribution in [0.1, 0.15) is 17.4 Å². The van der Waals surface area contributed by atoms with Crippen LogP contribution in [0.25, 0.3) is 0 Å². The molecule has 0 fully saturated rings. The molecule has 0 aliphatic carbocycles. The molecule has 16 heavy (non-hydrogen) atoms. The van der Waals surface area contributed by atoms with E-state index in [0.29, 0.717) is 6.07 Å². The van der Waals surface area contributed by atoms with Gasteiger partial charge in [-0.15, -0.1) is 0 Å².